The van der Waals surface area contributed by atoms with Gasteiger partial charge in [0.2, 0.25) is 0 Å². The van der Waals surface area contributed by atoms with Crippen molar-refractivity contribution in [3.05, 3.63) is 23.8 Å². The van der Waals surface area contributed by atoms with E-state index in [1.165, 1.54) is 24.8 Å². The minimum Gasteiger partial charge on any atom is -0.491 e. The maximum absolute atomic E-state index is 5.86. The Hall–Kier alpha value is -1.22. The topological polar surface area (TPSA) is 33.3 Å². The highest BCUT2D eigenvalue weighted by Crippen LogP contribution is 2.27. The highest BCUT2D eigenvalue weighted by atomic mass is 16.5. The molecule has 1 aliphatic rings. The molecule has 1 unspecified atom stereocenters. The Kier molecular flexibility index (Phi) is 5.52. The van der Waals surface area contributed by atoms with E-state index in [1.807, 2.05) is 0 Å². The van der Waals surface area contributed by atoms with Crippen molar-refractivity contribution in [2.45, 2.75) is 45.6 Å². The number of nitrogens with one attached hydrogen (secondary N) is 2. The molecule has 1 aliphatic heterocycles. The van der Waals surface area contributed by atoms with Gasteiger partial charge in [-0.1, -0.05) is 13.0 Å². The van der Waals surface area contributed by atoms with Gasteiger partial charge >= 0.3 is 0 Å². The lowest BCUT2D eigenvalue weighted by atomic mass is 10.1. The summed E-state index contributed by atoms with van der Waals surface area (Å²) in [5, 5.41) is 7.11. The third-order valence-electron chi connectivity index (χ3n) is 3.53. The molecule has 2 rings (SSSR count). The summed E-state index contributed by atoms with van der Waals surface area (Å²) < 4.78 is 5.86. The summed E-state index contributed by atoms with van der Waals surface area (Å²) in [6, 6.07) is 6.99. The van der Waals surface area contributed by atoms with E-state index in [0.29, 0.717) is 6.04 Å². The smallest absolute Gasteiger partial charge is 0.142 e. The number of hydrogen-bond donors (Lipinski definition) is 2. The van der Waals surface area contributed by atoms with Crippen molar-refractivity contribution >= 4 is 5.69 Å². The average molecular weight is 262 g/mol. The third kappa shape index (κ3) is 4.43. The largest absolute Gasteiger partial charge is 0.491 e. The normalized spacial score (nSPS) is 19.8. The zero-order chi connectivity index (χ0) is 13.5. The molecule has 1 atom stereocenters. The van der Waals surface area contributed by atoms with Crippen molar-refractivity contribution in [1.29, 1.82) is 0 Å². The van der Waals surface area contributed by atoms with Crippen LogP contribution in [0, 0.1) is 6.92 Å². The van der Waals surface area contributed by atoms with Crippen molar-refractivity contribution in [1.82, 2.24) is 5.32 Å². The van der Waals surface area contributed by atoms with Crippen LogP contribution in [-0.2, 0) is 0 Å². The lowest BCUT2D eigenvalue weighted by Crippen LogP contribution is -2.21. The highest BCUT2D eigenvalue weighted by Gasteiger charge is 2.13. The predicted molar refractivity (Wildman–Crippen MR) is 81.1 cm³/mol. The molecule has 1 aromatic carbocycles. The molecule has 0 aromatic heterocycles. The van der Waals surface area contributed by atoms with E-state index in [1.54, 1.807) is 0 Å². The fraction of sp³-hybridized carbons (Fsp3) is 0.625. The van der Waals surface area contributed by atoms with Gasteiger partial charge in [0.15, 0.2) is 0 Å². The van der Waals surface area contributed by atoms with Crippen molar-refractivity contribution in [2.24, 2.45) is 0 Å². The number of benzene rings is 1. The molecule has 1 heterocycles. The molecule has 2 N–H and O–H groups in total. The van der Waals surface area contributed by atoms with Crippen LogP contribution < -0.4 is 15.4 Å². The first-order chi connectivity index (χ1) is 9.29. The molecule has 3 nitrogen and oxygen atoms in total. The number of anilines is 1. The Labute approximate surface area is 116 Å². The van der Waals surface area contributed by atoms with Crippen LogP contribution in [0.1, 0.15) is 38.2 Å². The van der Waals surface area contributed by atoms with Crippen LogP contribution in [0.4, 0.5) is 5.69 Å². The molecule has 1 saturated heterocycles. The van der Waals surface area contributed by atoms with E-state index >= 15 is 0 Å². The standard InChI is InChI=1S/C16H26N2O/c1-3-11-19-16-12-13(2)6-7-15(16)18-14-5-4-9-17-10-8-14/h6-7,12,14,17-18H,3-5,8-11H2,1-2H3. The Morgan fingerprint density at radius 3 is 3.05 bits per heavy atom. The molecule has 106 valence electrons. The van der Waals surface area contributed by atoms with Gasteiger partial charge in [-0.25, -0.2) is 0 Å². The minimum atomic E-state index is 0.557. The molecular formula is C16H26N2O. The summed E-state index contributed by atoms with van der Waals surface area (Å²) in [7, 11) is 0. The molecular weight excluding hydrogens is 236 g/mol. The van der Waals surface area contributed by atoms with E-state index in [-0.39, 0.29) is 0 Å². The summed E-state index contributed by atoms with van der Waals surface area (Å²) in [6.07, 6.45) is 4.70. The average Bonchev–Trinajstić information content (AvgIpc) is 2.67. The van der Waals surface area contributed by atoms with E-state index < -0.39 is 0 Å². The van der Waals surface area contributed by atoms with Gasteiger partial charge in [0.05, 0.1) is 12.3 Å². The Balaban J connectivity index is 2.04. The van der Waals surface area contributed by atoms with Crippen molar-refractivity contribution < 1.29 is 4.74 Å². The first-order valence-electron chi connectivity index (χ1n) is 7.50. The van der Waals surface area contributed by atoms with Crippen molar-refractivity contribution in [2.75, 3.05) is 25.0 Å². The Morgan fingerprint density at radius 2 is 2.21 bits per heavy atom. The molecule has 0 spiro atoms. The van der Waals surface area contributed by atoms with Crippen molar-refractivity contribution in [3.8, 4) is 5.75 Å². The van der Waals surface area contributed by atoms with Gasteiger partial charge in [-0.15, -0.1) is 0 Å². The van der Waals surface area contributed by atoms with Gasteiger partial charge in [-0.05, 0) is 63.4 Å². The molecule has 0 saturated carbocycles. The first kappa shape index (κ1) is 14.2. The SMILES string of the molecule is CCCOc1cc(C)ccc1NC1CCCNCC1. The van der Waals surface area contributed by atoms with Gasteiger partial charge in [-0.2, -0.15) is 0 Å². The van der Waals surface area contributed by atoms with Gasteiger partial charge in [0, 0.05) is 6.04 Å². The van der Waals surface area contributed by atoms with Gasteiger partial charge in [0.1, 0.15) is 5.75 Å². The van der Waals surface area contributed by atoms with Crippen LogP contribution in [0.3, 0.4) is 0 Å². The molecule has 0 radical (unpaired) electrons. The fourth-order valence-electron chi connectivity index (χ4n) is 2.46. The quantitative estimate of drug-likeness (QED) is 0.854. The number of ether oxygens (including phenoxy) is 1. The van der Waals surface area contributed by atoms with Crippen LogP contribution in [0.5, 0.6) is 5.75 Å². The summed E-state index contributed by atoms with van der Waals surface area (Å²) in [6.45, 7) is 7.28. The van der Waals surface area contributed by atoms with E-state index in [2.05, 4.69) is 42.7 Å². The molecule has 0 amide bonds. The van der Waals surface area contributed by atoms with Gasteiger partial charge in [0.25, 0.3) is 0 Å². The number of rotatable bonds is 5. The van der Waals surface area contributed by atoms with Crippen LogP contribution in [0.25, 0.3) is 0 Å². The zero-order valence-electron chi connectivity index (χ0n) is 12.2. The summed E-state index contributed by atoms with van der Waals surface area (Å²) in [5.41, 5.74) is 2.39. The molecule has 1 fully saturated rings. The van der Waals surface area contributed by atoms with E-state index in [0.717, 1.165) is 37.6 Å². The maximum Gasteiger partial charge on any atom is 0.142 e. The van der Waals surface area contributed by atoms with Gasteiger partial charge in [-0.3, -0.25) is 0 Å². The molecule has 0 aliphatic carbocycles. The minimum absolute atomic E-state index is 0.557. The summed E-state index contributed by atoms with van der Waals surface area (Å²) >= 11 is 0. The second kappa shape index (κ2) is 7.39. The first-order valence-corrected chi connectivity index (χ1v) is 7.50. The lowest BCUT2D eigenvalue weighted by Gasteiger charge is -2.20. The zero-order valence-corrected chi connectivity index (χ0v) is 12.2. The van der Waals surface area contributed by atoms with Crippen molar-refractivity contribution in [3.63, 3.8) is 0 Å². The van der Waals surface area contributed by atoms with Gasteiger partial charge < -0.3 is 15.4 Å². The highest BCUT2D eigenvalue weighted by molar-refractivity contribution is 5.58. The second-order valence-corrected chi connectivity index (χ2v) is 5.37. The number of hydrogen-bond acceptors (Lipinski definition) is 3. The summed E-state index contributed by atoms with van der Waals surface area (Å²) in [5.74, 6) is 0.999. The lowest BCUT2D eigenvalue weighted by molar-refractivity contribution is 0.318. The predicted octanol–water partition coefficient (Wildman–Crippen LogP) is 3.34. The third-order valence-corrected chi connectivity index (χ3v) is 3.53. The van der Waals surface area contributed by atoms with E-state index in [9.17, 15) is 0 Å². The van der Waals surface area contributed by atoms with Crippen LogP contribution in [-0.4, -0.2) is 25.7 Å². The molecule has 3 heteroatoms. The Morgan fingerprint density at radius 1 is 1.32 bits per heavy atom. The second-order valence-electron chi connectivity index (χ2n) is 5.37. The van der Waals surface area contributed by atoms with Crippen LogP contribution in [0.2, 0.25) is 0 Å². The maximum atomic E-state index is 5.86. The molecule has 0 bridgehead atoms. The van der Waals surface area contributed by atoms with E-state index in [4.69, 9.17) is 4.74 Å². The van der Waals surface area contributed by atoms with Crippen LogP contribution >= 0.6 is 0 Å². The molecule has 1 aromatic rings. The monoisotopic (exact) mass is 262 g/mol. The number of aryl methyl sites for hydroxylation is 1. The van der Waals surface area contributed by atoms with Crippen LogP contribution in [0.15, 0.2) is 18.2 Å². The Bertz CT molecular complexity index is 384. The summed E-state index contributed by atoms with van der Waals surface area (Å²) in [4.78, 5) is 0. The molecule has 19 heavy (non-hydrogen) atoms. The fourth-order valence-corrected chi connectivity index (χ4v) is 2.46.